The normalized spacial score (nSPS) is 30.0. The smallest absolute Gasteiger partial charge is 0.324 e. The molecule has 1 saturated heterocycles. The number of carbonyl (C=O) groups is 1. The second kappa shape index (κ2) is 5.33. The number of aliphatic carboxylic acids is 1. The van der Waals surface area contributed by atoms with Crippen LogP contribution in [0.2, 0.25) is 0 Å². The van der Waals surface area contributed by atoms with Crippen LogP contribution >= 0.6 is 0 Å². The van der Waals surface area contributed by atoms with E-state index < -0.39 is 11.5 Å². The van der Waals surface area contributed by atoms with Crippen molar-refractivity contribution in [2.75, 3.05) is 13.2 Å². The molecule has 0 saturated carbocycles. The Morgan fingerprint density at radius 3 is 2.94 bits per heavy atom. The fourth-order valence-corrected chi connectivity index (χ4v) is 1.97. The topological polar surface area (TPSA) is 58.6 Å². The van der Waals surface area contributed by atoms with Gasteiger partial charge in [0, 0.05) is 13.0 Å². The lowest BCUT2D eigenvalue weighted by Crippen LogP contribution is -2.58. The van der Waals surface area contributed by atoms with Gasteiger partial charge in [-0.2, -0.15) is 0 Å². The summed E-state index contributed by atoms with van der Waals surface area (Å²) in [5.74, 6) is 1.90. The van der Waals surface area contributed by atoms with Crippen molar-refractivity contribution in [2.45, 2.75) is 38.3 Å². The summed E-state index contributed by atoms with van der Waals surface area (Å²) >= 11 is 0. The summed E-state index contributed by atoms with van der Waals surface area (Å²) in [6.07, 6.45) is 6.08. The molecule has 0 aromatic rings. The van der Waals surface area contributed by atoms with Gasteiger partial charge < -0.3 is 9.84 Å². The van der Waals surface area contributed by atoms with Crippen LogP contribution in [0.3, 0.4) is 0 Å². The number of rotatable bonds is 4. The van der Waals surface area contributed by atoms with Gasteiger partial charge in [-0.25, -0.2) is 0 Å². The third kappa shape index (κ3) is 2.75. The number of nitrogens with one attached hydrogen (secondary N) is 1. The van der Waals surface area contributed by atoms with Crippen LogP contribution in [0.5, 0.6) is 0 Å². The minimum absolute atomic E-state index is 0.0184. The molecule has 1 heterocycles. The van der Waals surface area contributed by atoms with E-state index in [9.17, 15) is 9.90 Å². The van der Waals surface area contributed by atoms with E-state index in [1.807, 2.05) is 13.8 Å². The molecule has 4 heteroatoms. The van der Waals surface area contributed by atoms with Crippen molar-refractivity contribution >= 4 is 5.97 Å². The van der Waals surface area contributed by atoms with Crippen molar-refractivity contribution < 1.29 is 14.6 Å². The largest absolute Gasteiger partial charge is 0.480 e. The monoisotopic (exact) mass is 225 g/mol. The highest BCUT2D eigenvalue weighted by atomic mass is 16.5. The summed E-state index contributed by atoms with van der Waals surface area (Å²) in [7, 11) is 0. The fourth-order valence-electron chi connectivity index (χ4n) is 1.97. The van der Waals surface area contributed by atoms with E-state index in [1.165, 1.54) is 0 Å². The average Bonchev–Trinajstić information content (AvgIpc) is 2.26. The van der Waals surface area contributed by atoms with Gasteiger partial charge in [-0.3, -0.25) is 10.1 Å². The summed E-state index contributed by atoms with van der Waals surface area (Å²) in [6.45, 7) is 4.80. The lowest BCUT2D eigenvalue weighted by Gasteiger charge is -2.39. The molecule has 90 valence electrons. The molecular formula is C12H19NO3. The van der Waals surface area contributed by atoms with Crippen LogP contribution in [-0.4, -0.2) is 35.9 Å². The first-order valence-corrected chi connectivity index (χ1v) is 5.55. The summed E-state index contributed by atoms with van der Waals surface area (Å²) in [4.78, 5) is 11.4. The summed E-state index contributed by atoms with van der Waals surface area (Å²) in [5.41, 5.74) is -0.917. The Kier molecular flexibility index (Phi) is 4.34. The number of carboxylic acids is 1. The molecule has 1 rings (SSSR count). The minimum Gasteiger partial charge on any atom is -0.480 e. The van der Waals surface area contributed by atoms with Crippen molar-refractivity contribution in [2.24, 2.45) is 5.92 Å². The molecule has 0 spiro atoms. The van der Waals surface area contributed by atoms with Crippen LogP contribution in [0.25, 0.3) is 0 Å². The predicted octanol–water partition coefficient (Wildman–Crippen LogP) is 0.868. The zero-order valence-corrected chi connectivity index (χ0v) is 9.82. The summed E-state index contributed by atoms with van der Waals surface area (Å²) < 4.78 is 5.57. The van der Waals surface area contributed by atoms with Gasteiger partial charge in [0.2, 0.25) is 0 Å². The van der Waals surface area contributed by atoms with Crippen LogP contribution in [0.4, 0.5) is 0 Å². The van der Waals surface area contributed by atoms with Gasteiger partial charge in [0.25, 0.3) is 0 Å². The maximum absolute atomic E-state index is 11.4. The van der Waals surface area contributed by atoms with Crippen LogP contribution in [0.15, 0.2) is 0 Å². The molecule has 1 aliphatic rings. The van der Waals surface area contributed by atoms with Crippen LogP contribution in [0.1, 0.15) is 26.7 Å². The Bertz CT molecular complexity index is 295. The minimum atomic E-state index is -0.917. The first-order valence-electron chi connectivity index (χ1n) is 5.55. The van der Waals surface area contributed by atoms with Crippen LogP contribution in [-0.2, 0) is 9.53 Å². The van der Waals surface area contributed by atoms with E-state index >= 15 is 0 Å². The third-order valence-electron chi connectivity index (χ3n) is 3.09. The molecule has 1 aliphatic heterocycles. The fraction of sp³-hybridized carbons (Fsp3) is 0.750. The molecule has 4 nitrogen and oxygen atoms in total. The second-order valence-electron chi connectivity index (χ2n) is 4.55. The highest BCUT2D eigenvalue weighted by Crippen LogP contribution is 2.28. The van der Waals surface area contributed by atoms with E-state index in [1.54, 1.807) is 0 Å². The van der Waals surface area contributed by atoms with Crippen molar-refractivity contribution in [1.29, 1.82) is 0 Å². The summed E-state index contributed by atoms with van der Waals surface area (Å²) in [5, 5.41) is 12.3. The number of terminal acetylenes is 1. The lowest BCUT2D eigenvalue weighted by atomic mass is 9.83. The van der Waals surface area contributed by atoms with Crippen molar-refractivity contribution in [3.05, 3.63) is 0 Å². The SMILES string of the molecule is C#CCNC1(C(=O)O)CCOC(C(C)C)C1. The molecular weight excluding hydrogens is 206 g/mol. The number of ether oxygens (including phenoxy) is 1. The van der Waals surface area contributed by atoms with Gasteiger partial charge in [-0.1, -0.05) is 19.8 Å². The third-order valence-corrected chi connectivity index (χ3v) is 3.09. The number of hydrogen-bond acceptors (Lipinski definition) is 3. The maximum Gasteiger partial charge on any atom is 0.324 e. The average molecular weight is 225 g/mol. The Balaban J connectivity index is 2.77. The standard InChI is InChI=1S/C12H19NO3/c1-4-6-13-12(11(14)15)5-7-16-10(8-12)9(2)3/h1,9-10,13H,5-8H2,2-3H3,(H,14,15). The molecule has 0 aromatic heterocycles. The highest BCUT2D eigenvalue weighted by molar-refractivity contribution is 5.79. The quantitative estimate of drug-likeness (QED) is 0.697. The highest BCUT2D eigenvalue weighted by Gasteiger charge is 2.43. The van der Waals surface area contributed by atoms with Gasteiger partial charge in [0.05, 0.1) is 12.6 Å². The van der Waals surface area contributed by atoms with Crippen molar-refractivity contribution in [3.63, 3.8) is 0 Å². The first kappa shape index (κ1) is 13.0. The van der Waals surface area contributed by atoms with E-state index in [4.69, 9.17) is 11.2 Å². The second-order valence-corrected chi connectivity index (χ2v) is 4.55. The molecule has 0 bridgehead atoms. The number of carboxylic acid groups (broad SMARTS) is 1. The molecule has 0 amide bonds. The Labute approximate surface area is 96.4 Å². The molecule has 0 aliphatic carbocycles. The van der Waals surface area contributed by atoms with Crippen molar-refractivity contribution in [3.8, 4) is 12.3 Å². The van der Waals surface area contributed by atoms with Crippen LogP contribution in [0, 0.1) is 18.3 Å². The van der Waals surface area contributed by atoms with E-state index in [2.05, 4.69) is 11.2 Å². The Morgan fingerprint density at radius 2 is 2.44 bits per heavy atom. The van der Waals surface area contributed by atoms with Gasteiger partial charge in [0.15, 0.2) is 0 Å². The molecule has 16 heavy (non-hydrogen) atoms. The molecule has 2 atom stereocenters. The Hall–Kier alpha value is -1.05. The Morgan fingerprint density at radius 1 is 1.75 bits per heavy atom. The lowest BCUT2D eigenvalue weighted by molar-refractivity contribution is -0.153. The van der Waals surface area contributed by atoms with Gasteiger partial charge in [0.1, 0.15) is 5.54 Å². The molecule has 1 fully saturated rings. The number of hydrogen-bond donors (Lipinski definition) is 2. The molecule has 2 unspecified atom stereocenters. The van der Waals surface area contributed by atoms with E-state index in [0.717, 1.165) is 0 Å². The molecule has 0 aromatic carbocycles. The van der Waals surface area contributed by atoms with Gasteiger partial charge >= 0.3 is 5.97 Å². The molecule has 0 radical (unpaired) electrons. The van der Waals surface area contributed by atoms with Gasteiger partial charge in [-0.05, 0) is 12.3 Å². The predicted molar refractivity (Wildman–Crippen MR) is 61.0 cm³/mol. The summed E-state index contributed by atoms with van der Waals surface area (Å²) in [6, 6.07) is 0. The maximum atomic E-state index is 11.4. The van der Waals surface area contributed by atoms with Gasteiger partial charge in [-0.15, -0.1) is 6.42 Å². The zero-order valence-electron chi connectivity index (χ0n) is 9.82. The van der Waals surface area contributed by atoms with Crippen LogP contribution < -0.4 is 5.32 Å². The zero-order chi connectivity index (χ0) is 12.2. The molecule has 2 N–H and O–H groups in total. The van der Waals surface area contributed by atoms with E-state index in [0.29, 0.717) is 25.4 Å². The first-order chi connectivity index (χ1) is 7.52. The van der Waals surface area contributed by atoms with Crippen molar-refractivity contribution in [1.82, 2.24) is 5.32 Å². The van der Waals surface area contributed by atoms with E-state index in [-0.39, 0.29) is 12.6 Å².